The van der Waals surface area contributed by atoms with Gasteiger partial charge in [0.05, 0.1) is 19.8 Å². The summed E-state index contributed by atoms with van der Waals surface area (Å²) in [6.07, 6.45) is 3.14. The van der Waals surface area contributed by atoms with Crippen LogP contribution < -0.4 is 18.9 Å². The third-order valence-electron chi connectivity index (χ3n) is 5.55. The highest BCUT2D eigenvalue weighted by atomic mass is 16.7. The number of fused-ring (bicyclic) bond motifs is 1. The maximum atomic E-state index is 12.6. The topological polar surface area (TPSA) is 103 Å². The van der Waals surface area contributed by atoms with E-state index in [9.17, 15) is 4.79 Å². The molecule has 0 saturated carbocycles. The monoisotopic (exact) mass is 477 g/mol. The van der Waals surface area contributed by atoms with Crippen LogP contribution in [0.2, 0.25) is 0 Å². The second-order valence-electron chi connectivity index (χ2n) is 8.02. The van der Waals surface area contributed by atoms with Gasteiger partial charge in [0.25, 0.3) is 5.91 Å². The molecule has 0 unspecified atom stereocenters. The van der Waals surface area contributed by atoms with Crippen LogP contribution in [0, 0.1) is 19.3 Å². The van der Waals surface area contributed by atoms with E-state index in [2.05, 4.69) is 11.9 Å². The number of amides is 1. The molecule has 0 atom stereocenters. The van der Waals surface area contributed by atoms with Gasteiger partial charge in [-0.2, -0.15) is 4.99 Å². The highest BCUT2D eigenvalue weighted by Crippen LogP contribution is 2.39. The lowest BCUT2D eigenvalue weighted by Gasteiger charge is -2.23. The number of ether oxygens (including phenoxy) is 4. The molecule has 9 heteroatoms. The van der Waals surface area contributed by atoms with Crippen LogP contribution in [0.3, 0.4) is 0 Å². The van der Waals surface area contributed by atoms with Crippen molar-refractivity contribution in [1.82, 2.24) is 5.06 Å². The molecule has 1 N–H and O–H groups in total. The summed E-state index contributed by atoms with van der Waals surface area (Å²) in [5.74, 6) is 2.22. The van der Waals surface area contributed by atoms with Crippen molar-refractivity contribution in [3.8, 4) is 23.0 Å². The Morgan fingerprint density at radius 3 is 2.34 bits per heavy atom. The minimum absolute atomic E-state index is 0.0800. The molecule has 182 valence electrons. The Bertz CT molecular complexity index is 1250. The fourth-order valence-corrected chi connectivity index (χ4v) is 3.60. The van der Waals surface area contributed by atoms with Crippen molar-refractivity contribution in [2.24, 2.45) is 4.99 Å². The number of nitrogens with one attached hydrogen (secondary N) is 1. The predicted molar refractivity (Wildman–Crippen MR) is 131 cm³/mol. The summed E-state index contributed by atoms with van der Waals surface area (Å²) in [5.41, 5.74) is 3.02. The van der Waals surface area contributed by atoms with Crippen molar-refractivity contribution in [3.05, 3.63) is 64.4 Å². The quantitative estimate of drug-likeness (QED) is 0.448. The molecule has 2 aromatic carbocycles. The second kappa shape index (κ2) is 9.92. The number of aliphatic imine (C=N–C) groups is 1. The number of amidine groups is 2. The molecular weight excluding hydrogens is 450 g/mol. The molecule has 4 rings (SSSR count). The van der Waals surface area contributed by atoms with Crippen LogP contribution in [0.25, 0.3) is 6.08 Å². The number of aryl methyl sites for hydroxylation is 2. The summed E-state index contributed by atoms with van der Waals surface area (Å²) in [5, 5.41) is 9.60. The molecule has 35 heavy (non-hydrogen) atoms. The molecule has 0 fully saturated rings. The first-order chi connectivity index (χ1) is 16.8. The molecule has 2 aromatic rings. The first-order valence-corrected chi connectivity index (χ1v) is 11.0. The van der Waals surface area contributed by atoms with Crippen molar-refractivity contribution in [2.75, 3.05) is 27.4 Å². The predicted octanol–water partition coefficient (Wildman–Crippen LogP) is 4.23. The Morgan fingerprint density at radius 1 is 1.00 bits per heavy atom. The second-order valence-corrected chi connectivity index (χ2v) is 8.02. The largest absolute Gasteiger partial charge is 0.493 e. The number of methoxy groups -OCH3 is 2. The SMILES string of the molecule is COc1cc(/C=C2/C(=N)N3OC(C)=CC3=NC2=O)cc(OC)c1OCCOc1ccc(C)c(C)c1. The summed E-state index contributed by atoms with van der Waals surface area (Å²) in [6.45, 7) is 6.41. The van der Waals surface area contributed by atoms with Gasteiger partial charge in [0, 0.05) is 6.08 Å². The number of benzene rings is 2. The number of nitrogens with zero attached hydrogens (tertiary/aromatic N) is 2. The molecule has 0 aromatic heterocycles. The number of carbonyl (C=O) groups is 1. The van der Waals surface area contributed by atoms with E-state index in [0.29, 0.717) is 35.2 Å². The van der Waals surface area contributed by atoms with Crippen LogP contribution >= 0.6 is 0 Å². The minimum atomic E-state index is -0.530. The third-order valence-corrected chi connectivity index (χ3v) is 5.55. The maximum Gasteiger partial charge on any atom is 0.282 e. The van der Waals surface area contributed by atoms with Crippen LogP contribution in [-0.4, -0.2) is 50.1 Å². The average molecular weight is 478 g/mol. The van der Waals surface area contributed by atoms with Crippen molar-refractivity contribution >= 4 is 23.7 Å². The lowest BCUT2D eigenvalue weighted by molar-refractivity contribution is -0.114. The number of carbonyl (C=O) groups excluding carboxylic acids is 1. The van der Waals surface area contributed by atoms with Gasteiger partial charge in [-0.05, 0) is 67.8 Å². The molecule has 2 aliphatic heterocycles. The van der Waals surface area contributed by atoms with Crippen LogP contribution in [0.4, 0.5) is 0 Å². The van der Waals surface area contributed by atoms with Crippen LogP contribution in [0.1, 0.15) is 23.6 Å². The van der Waals surface area contributed by atoms with Gasteiger partial charge in [0.1, 0.15) is 24.7 Å². The zero-order chi connectivity index (χ0) is 25.1. The van der Waals surface area contributed by atoms with Crippen molar-refractivity contribution in [1.29, 1.82) is 5.41 Å². The molecule has 0 spiro atoms. The summed E-state index contributed by atoms with van der Waals surface area (Å²) in [7, 11) is 3.03. The lowest BCUT2D eigenvalue weighted by Crippen LogP contribution is -2.38. The Balaban J connectivity index is 1.51. The Hall–Kier alpha value is -4.27. The van der Waals surface area contributed by atoms with Crippen molar-refractivity contribution < 1.29 is 28.6 Å². The number of hydroxylamine groups is 2. The van der Waals surface area contributed by atoms with E-state index in [-0.39, 0.29) is 23.9 Å². The molecule has 0 radical (unpaired) electrons. The third kappa shape index (κ3) is 4.98. The highest BCUT2D eigenvalue weighted by Gasteiger charge is 2.34. The van der Waals surface area contributed by atoms with Crippen LogP contribution in [0.15, 0.2) is 52.7 Å². The van der Waals surface area contributed by atoms with E-state index in [0.717, 1.165) is 11.3 Å². The van der Waals surface area contributed by atoms with Crippen LogP contribution in [-0.2, 0) is 9.63 Å². The van der Waals surface area contributed by atoms with E-state index in [4.69, 9.17) is 29.2 Å². The summed E-state index contributed by atoms with van der Waals surface area (Å²) in [4.78, 5) is 22.0. The molecule has 9 nitrogen and oxygen atoms in total. The number of hydrogen-bond acceptors (Lipinski definition) is 7. The van der Waals surface area contributed by atoms with Gasteiger partial charge in [-0.25, -0.2) is 0 Å². The van der Waals surface area contributed by atoms with Gasteiger partial charge < -0.3 is 23.8 Å². The van der Waals surface area contributed by atoms with E-state index in [1.165, 1.54) is 24.8 Å². The van der Waals surface area contributed by atoms with E-state index >= 15 is 0 Å². The van der Waals surface area contributed by atoms with Gasteiger partial charge in [-0.15, -0.1) is 5.06 Å². The smallest absolute Gasteiger partial charge is 0.282 e. The van der Waals surface area contributed by atoms with Crippen molar-refractivity contribution in [3.63, 3.8) is 0 Å². The fourth-order valence-electron chi connectivity index (χ4n) is 3.60. The average Bonchev–Trinajstić information content (AvgIpc) is 3.21. The van der Waals surface area contributed by atoms with Gasteiger partial charge >= 0.3 is 0 Å². The van der Waals surface area contributed by atoms with E-state index in [1.54, 1.807) is 31.2 Å². The van der Waals surface area contributed by atoms with Gasteiger partial charge in [0.15, 0.2) is 23.2 Å². The van der Waals surface area contributed by atoms with E-state index in [1.807, 2.05) is 25.1 Å². The van der Waals surface area contributed by atoms with Gasteiger partial charge in [-0.1, -0.05) is 6.07 Å². The van der Waals surface area contributed by atoms with Crippen LogP contribution in [0.5, 0.6) is 23.0 Å². The van der Waals surface area contributed by atoms with E-state index < -0.39 is 5.91 Å². The van der Waals surface area contributed by atoms with Gasteiger partial charge in [-0.3, -0.25) is 10.2 Å². The molecule has 1 amide bonds. The Labute approximate surface area is 203 Å². The Kier molecular flexibility index (Phi) is 6.77. The first-order valence-electron chi connectivity index (χ1n) is 11.0. The maximum absolute atomic E-state index is 12.6. The normalized spacial score (nSPS) is 15.9. The standard InChI is InChI=1S/C26H27N3O6/c1-15-6-7-19(10-16(15)2)33-8-9-34-24-21(31-4)13-18(14-22(24)32-5)12-20-25(27)29-23(28-26(20)30)11-17(3)35-29/h6-7,10-14,27H,8-9H2,1-5H3/b20-12-,27-25?. The molecule has 2 heterocycles. The fraction of sp³-hybridized carbons (Fsp3) is 0.269. The molecule has 2 aliphatic rings. The minimum Gasteiger partial charge on any atom is -0.493 e. The summed E-state index contributed by atoms with van der Waals surface area (Å²) < 4.78 is 22.7. The molecule has 0 saturated heterocycles. The highest BCUT2D eigenvalue weighted by molar-refractivity contribution is 6.32. The number of rotatable bonds is 8. The molecule has 0 aliphatic carbocycles. The lowest BCUT2D eigenvalue weighted by atomic mass is 10.1. The van der Waals surface area contributed by atoms with Crippen molar-refractivity contribution in [2.45, 2.75) is 20.8 Å². The summed E-state index contributed by atoms with van der Waals surface area (Å²) >= 11 is 0. The zero-order valence-corrected chi connectivity index (χ0v) is 20.3. The Morgan fingerprint density at radius 2 is 1.69 bits per heavy atom. The summed E-state index contributed by atoms with van der Waals surface area (Å²) in [6, 6.07) is 9.32. The first kappa shape index (κ1) is 23.9. The molecule has 0 bridgehead atoms. The number of hydrogen-bond donors (Lipinski definition) is 1. The number of allylic oxidation sites excluding steroid dienone is 1. The van der Waals surface area contributed by atoms with Gasteiger partial charge in [0.2, 0.25) is 5.75 Å². The molecular formula is C26H27N3O6. The zero-order valence-electron chi connectivity index (χ0n) is 20.3.